The number of hydrogen-bond acceptors (Lipinski definition) is 4. The maximum Gasteiger partial charge on any atom is 0.292 e. The van der Waals surface area contributed by atoms with E-state index in [0.717, 1.165) is 56.0 Å². The smallest absolute Gasteiger partial charge is 0.292 e. The first kappa shape index (κ1) is 29.9. The molecule has 3 heterocycles. The quantitative estimate of drug-likeness (QED) is 0.371. The summed E-state index contributed by atoms with van der Waals surface area (Å²) in [4.78, 5) is 14.3. The number of nitrogens with zero attached hydrogens (tertiary/aromatic N) is 2. The van der Waals surface area contributed by atoms with Crippen molar-refractivity contribution < 1.29 is 14.5 Å². The van der Waals surface area contributed by atoms with Gasteiger partial charge in [0.1, 0.15) is 12.3 Å². The molecule has 0 aliphatic carbocycles. The molecule has 0 radical (unpaired) electrons. The zero-order valence-corrected chi connectivity index (χ0v) is 24.0. The van der Waals surface area contributed by atoms with Gasteiger partial charge in [0.15, 0.2) is 11.3 Å². The van der Waals surface area contributed by atoms with Crippen molar-refractivity contribution in [1.82, 2.24) is 10.2 Å². The van der Waals surface area contributed by atoms with Gasteiger partial charge >= 0.3 is 0 Å². The maximum atomic E-state index is 12.2. The second kappa shape index (κ2) is 14.5. The van der Waals surface area contributed by atoms with E-state index in [0.29, 0.717) is 29.8 Å². The molecule has 2 atom stereocenters. The molecular formula is C31H44ClN4O2+. The molecule has 0 aromatic heterocycles. The number of nitrogens with two attached hydrogens (primary N) is 1. The molecule has 206 valence electrons. The van der Waals surface area contributed by atoms with E-state index in [1.807, 2.05) is 32.0 Å². The minimum Gasteiger partial charge on any atom is -0.378 e. The molecule has 1 amide bonds. The van der Waals surface area contributed by atoms with Gasteiger partial charge in [-0.25, -0.2) is 4.58 Å². The SMILES string of the molecule is CC.Cc1ccc(C2=[N+]3C(=C2C(N)=O)NCCC3C2CCN(C(O)CCCl)CC2)cc1.Cc1ccccc1. The fourth-order valence-electron chi connectivity index (χ4n) is 5.48. The van der Waals surface area contributed by atoms with Gasteiger partial charge in [-0.2, -0.15) is 0 Å². The third-order valence-corrected chi connectivity index (χ3v) is 7.66. The number of aliphatic hydroxyl groups excluding tert-OH is 1. The number of amides is 1. The third-order valence-electron chi connectivity index (χ3n) is 7.44. The predicted molar refractivity (Wildman–Crippen MR) is 156 cm³/mol. The molecule has 2 saturated heterocycles. The van der Waals surface area contributed by atoms with Crippen LogP contribution in [0.15, 0.2) is 66.0 Å². The summed E-state index contributed by atoms with van der Waals surface area (Å²) in [5.74, 6) is 1.50. The normalized spacial score (nSPS) is 20.1. The summed E-state index contributed by atoms with van der Waals surface area (Å²) in [6.07, 6.45) is 3.24. The van der Waals surface area contributed by atoms with Gasteiger partial charge in [0, 0.05) is 43.3 Å². The Balaban J connectivity index is 0.000000381. The van der Waals surface area contributed by atoms with Gasteiger partial charge in [-0.1, -0.05) is 79.6 Å². The summed E-state index contributed by atoms with van der Waals surface area (Å²) in [6.45, 7) is 10.7. The van der Waals surface area contributed by atoms with Crippen LogP contribution in [0.4, 0.5) is 0 Å². The van der Waals surface area contributed by atoms with Crippen molar-refractivity contribution >= 4 is 23.2 Å². The van der Waals surface area contributed by atoms with Crippen molar-refractivity contribution in [3.05, 3.63) is 82.7 Å². The Kier molecular flexibility index (Phi) is 11.4. The Bertz CT molecular complexity index is 1110. The van der Waals surface area contributed by atoms with Gasteiger partial charge in [0.25, 0.3) is 11.7 Å². The van der Waals surface area contributed by atoms with E-state index in [9.17, 15) is 9.90 Å². The number of halogens is 1. The molecule has 6 nitrogen and oxygen atoms in total. The molecule has 2 fully saturated rings. The second-order valence-corrected chi connectivity index (χ2v) is 10.3. The van der Waals surface area contributed by atoms with Crippen LogP contribution >= 0.6 is 11.6 Å². The van der Waals surface area contributed by atoms with Crippen molar-refractivity contribution in [2.75, 3.05) is 25.5 Å². The van der Waals surface area contributed by atoms with Gasteiger partial charge < -0.3 is 10.8 Å². The van der Waals surface area contributed by atoms with Gasteiger partial charge in [-0.3, -0.25) is 15.0 Å². The van der Waals surface area contributed by atoms with E-state index in [2.05, 4.69) is 65.0 Å². The van der Waals surface area contributed by atoms with Crippen LogP contribution in [0.2, 0.25) is 0 Å². The lowest BCUT2D eigenvalue weighted by Gasteiger charge is -2.41. The monoisotopic (exact) mass is 539 g/mol. The van der Waals surface area contributed by atoms with E-state index in [4.69, 9.17) is 17.3 Å². The summed E-state index contributed by atoms with van der Waals surface area (Å²) in [5, 5.41) is 13.6. The number of fused-ring (bicyclic) bond motifs is 1. The Morgan fingerprint density at radius 3 is 2.18 bits per heavy atom. The number of nitrogens with one attached hydrogen (secondary N) is 1. The highest BCUT2D eigenvalue weighted by Gasteiger charge is 2.48. The van der Waals surface area contributed by atoms with Crippen LogP contribution in [0.3, 0.4) is 0 Å². The fraction of sp³-hybridized carbons (Fsp3) is 0.484. The van der Waals surface area contributed by atoms with Gasteiger partial charge in [0.05, 0.1) is 6.54 Å². The van der Waals surface area contributed by atoms with Crippen LogP contribution in [0, 0.1) is 19.8 Å². The lowest BCUT2D eigenvalue weighted by molar-refractivity contribution is -0.554. The van der Waals surface area contributed by atoms with Crippen LogP contribution < -0.4 is 11.1 Å². The standard InChI is InChI=1S/C22H29ClN4O2.C7H8.C2H6/c1-14-2-4-16(5-3-14)20-19(21(24)29)22-25-11-7-17(27(20)22)15-8-12-26(13-9-15)18(28)6-10-23;1-7-5-3-2-4-6-7;1-2/h2-5,15,17-18,28H,6-13H2,1H3,(H2,24,29);2-6H,1H3;1-2H3/p+1. The van der Waals surface area contributed by atoms with Gasteiger partial charge in [0.2, 0.25) is 0 Å². The Morgan fingerprint density at radius 1 is 1.05 bits per heavy atom. The largest absolute Gasteiger partial charge is 0.378 e. The third kappa shape index (κ3) is 7.04. The minimum atomic E-state index is -0.447. The molecular weight excluding hydrogens is 496 g/mol. The number of primary amides is 1. The zero-order valence-electron chi connectivity index (χ0n) is 23.3. The minimum absolute atomic E-state index is 0.345. The highest BCUT2D eigenvalue weighted by molar-refractivity contribution is 6.28. The predicted octanol–water partition coefficient (Wildman–Crippen LogP) is 4.55. The van der Waals surface area contributed by atoms with Gasteiger partial charge in [-0.05, 0) is 26.7 Å². The molecule has 0 spiro atoms. The number of rotatable bonds is 6. The van der Waals surface area contributed by atoms with Crippen molar-refractivity contribution in [1.29, 1.82) is 0 Å². The summed E-state index contributed by atoms with van der Waals surface area (Å²) in [5.41, 5.74) is 10.9. The second-order valence-electron chi connectivity index (χ2n) is 9.94. The number of piperidine rings is 1. The Morgan fingerprint density at radius 2 is 1.66 bits per heavy atom. The van der Waals surface area contributed by atoms with Crippen LogP contribution in [-0.2, 0) is 4.79 Å². The number of carbonyl (C=O) groups excluding carboxylic acids is 1. The number of aryl methyl sites for hydroxylation is 2. The number of likely N-dealkylation sites (tertiary alicyclic amines) is 1. The summed E-state index contributed by atoms with van der Waals surface area (Å²) >= 11 is 5.79. The maximum absolute atomic E-state index is 12.2. The zero-order chi connectivity index (χ0) is 27.7. The first-order chi connectivity index (χ1) is 18.4. The molecule has 0 bridgehead atoms. The number of aliphatic hydroxyl groups is 1. The van der Waals surface area contributed by atoms with Crippen molar-refractivity contribution in [3.8, 4) is 0 Å². The first-order valence-electron chi connectivity index (χ1n) is 13.9. The van der Waals surface area contributed by atoms with E-state index < -0.39 is 6.23 Å². The summed E-state index contributed by atoms with van der Waals surface area (Å²) < 4.78 is 2.31. The fourth-order valence-corrected chi connectivity index (χ4v) is 5.67. The number of alkyl halides is 1. The topological polar surface area (TPSA) is 81.6 Å². The average molecular weight is 540 g/mol. The molecule has 7 heteroatoms. The molecule has 0 saturated carbocycles. The molecule has 4 N–H and O–H groups in total. The molecule has 3 aliphatic rings. The van der Waals surface area contributed by atoms with Crippen LogP contribution in [0.5, 0.6) is 0 Å². The van der Waals surface area contributed by atoms with Crippen LogP contribution in [0.1, 0.15) is 56.2 Å². The Labute approximate surface area is 233 Å². The summed E-state index contributed by atoms with van der Waals surface area (Å²) in [7, 11) is 0. The molecule has 3 aliphatic heterocycles. The number of carbonyl (C=O) groups is 1. The molecule has 38 heavy (non-hydrogen) atoms. The lowest BCUT2D eigenvalue weighted by Crippen LogP contribution is -2.57. The van der Waals surface area contributed by atoms with Crippen molar-refractivity contribution in [2.24, 2.45) is 11.7 Å². The molecule has 2 aromatic rings. The summed E-state index contributed by atoms with van der Waals surface area (Å²) in [6, 6.07) is 18.9. The molecule has 5 rings (SSSR count). The lowest BCUT2D eigenvalue weighted by atomic mass is 9.82. The van der Waals surface area contributed by atoms with Crippen LogP contribution in [-0.4, -0.2) is 64.0 Å². The van der Waals surface area contributed by atoms with E-state index in [-0.39, 0.29) is 5.91 Å². The molecule has 2 aromatic carbocycles. The Hall–Kier alpha value is -2.67. The first-order valence-corrected chi connectivity index (χ1v) is 14.5. The van der Waals surface area contributed by atoms with E-state index >= 15 is 0 Å². The van der Waals surface area contributed by atoms with E-state index in [1.165, 1.54) is 11.1 Å². The van der Waals surface area contributed by atoms with E-state index in [1.54, 1.807) is 0 Å². The number of benzene rings is 2. The average Bonchev–Trinajstić information content (AvgIpc) is 2.92. The number of hydrogen-bond donors (Lipinski definition) is 3. The molecule has 2 unspecified atom stereocenters. The highest BCUT2D eigenvalue weighted by atomic mass is 35.5. The van der Waals surface area contributed by atoms with Crippen LogP contribution in [0.25, 0.3) is 0 Å². The van der Waals surface area contributed by atoms with Crippen molar-refractivity contribution in [2.45, 2.75) is 65.6 Å². The highest BCUT2D eigenvalue weighted by Crippen LogP contribution is 2.35. The van der Waals surface area contributed by atoms with Crippen molar-refractivity contribution in [3.63, 3.8) is 0 Å². The van der Waals surface area contributed by atoms with Gasteiger partial charge in [-0.15, -0.1) is 11.6 Å².